The van der Waals surface area contributed by atoms with E-state index in [0.717, 1.165) is 30.3 Å². The van der Waals surface area contributed by atoms with E-state index in [2.05, 4.69) is 24.1 Å². The summed E-state index contributed by atoms with van der Waals surface area (Å²) in [5, 5.41) is 2.85. The minimum absolute atomic E-state index is 0.0992. The molecule has 0 saturated heterocycles. The van der Waals surface area contributed by atoms with Crippen LogP contribution in [0.4, 0.5) is 18.9 Å². The van der Waals surface area contributed by atoms with Gasteiger partial charge in [0.05, 0.1) is 18.2 Å². The number of halogens is 3. The normalized spacial score (nSPS) is 16.2. The first-order chi connectivity index (χ1) is 14.3. The van der Waals surface area contributed by atoms with Crippen LogP contribution in [0.15, 0.2) is 30.3 Å². The highest BCUT2D eigenvalue weighted by molar-refractivity contribution is 6.07. The molecule has 1 heterocycles. The number of methoxy groups -OCH3 is 1. The molecular weight excluding hydrogens is 405 g/mol. The molecule has 1 aliphatic rings. The van der Waals surface area contributed by atoms with Crippen molar-refractivity contribution in [1.29, 1.82) is 0 Å². The van der Waals surface area contributed by atoms with E-state index >= 15 is 0 Å². The van der Waals surface area contributed by atoms with Crippen molar-refractivity contribution in [1.82, 2.24) is 4.90 Å². The predicted octanol–water partition coefficient (Wildman–Crippen LogP) is 5.81. The van der Waals surface area contributed by atoms with Crippen molar-refractivity contribution in [3.8, 4) is 5.75 Å². The van der Waals surface area contributed by atoms with Gasteiger partial charge in [-0.25, -0.2) is 0 Å². The lowest BCUT2D eigenvalue weighted by Gasteiger charge is -2.39. The van der Waals surface area contributed by atoms with Crippen LogP contribution in [0.25, 0.3) is 0 Å². The number of carbonyl (C=O) groups is 1. The molecule has 1 amide bonds. The van der Waals surface area contributed by atoms with Gasteiger partial charge in [0, 0.05) is 24.2 Å². The average Bonchev–Trinajstić information content (AvgIpc) is 2.64. The molecule has 2 aromatic rings. The molecule has 0 fully saturated rings. The largest absolute Gasteiger partial charge is 0.496 e. The second-order valence-corrected chi connectivity index (χ2v) is 9.14. The molecule has 0 bridgehead atoms. The Morgan fingerprint density at radius 3 is 2.48 bits per heavy atom. The van der Waals surface area contributed by atoms with Gasteiger partial charge < -0.3 is 15.0 Å². The molecule has 0 atom stereocenters. The fourth-order valence-corrected chi connectivity index (χ4v) is 4.59. The van der Waals surface area contributed by atoms with Crippen molar-refractivity contribution in [2.45, 2.75) is 51.7 Å². The van der Waals surface area contributed by atoms with Crippen LogP contribution in [0.5, 0.6) is 5.75 Å². The number of nitrogens with zero attached hydrogens (tertiary/aromatic N) is 1. The molecule has 0 aromatic heterocycles. The van der Waals surface area contributed by atoms with E-state index in [1.54, 1.807) is 19.9 Å². The fraction of sp³-hybridized carbons (Fsp3) is 0.458. The lowest BCUT2D eigenvalue weighted by molar-refractivity contribution is -0.138. The number of hydrogen-bond donors (Lipinski definition) is 1. The van der Waals surface area contributed by atoms with Crippen LogP contribution >= 0.6 is 0 Å². The van der Waals surface area contributed by atoms with E-state index < -0.39 is 17.6 Å². The van der Waals surface area contributed by atoms with E-state index in [0.29, 0.717) is 5.69 Å². The third-order valence-corrected chi connectivity index (χ3v) is 5.72. The van der Waals surface area contributed by atoms with Crippen LogP contribution in [0, 0.1) is 0 Å². The van der Waals surface area contributed by atoms with Crippen LogP contribution in [0.2, 0.25) is 0 Å². The second-order valence-electron chi connectivity index (χ2n) is 9.14. The number of ether oxygens (including phenoxy) is 1. The minimum Gasteiger partial charge on any atom is -0.496 e. The van der Waals surface area contributed by atoms with Crippen LogP contribution in [0.1, 0.15) is 66.2 Å². The molecule has 4 nitrogen and oxygen atoms in total. The van der Waals surface area contributed by atoms with Gasteiger partial charge in [0.15, 0.2) is 0 Å². The number of alkyl halides is 3. The highest BCUT2D eigenvalue weighted by Crippen LogP contribution is 2.40. The Morgan fingerprint density at radius 1 is 1.23 bits per heavy atom. The minimum atomic E-state index is -4.57. The van der Waals surface area contributed by atoms with Gasteiger partial charge in [0.25, 0.3) is 5.91 Å². The molecule has 31 heavy (non-hydrogen) atoms. The summed E-state index contributed by atoms with van der Waals surface area (Å²) in [7, 11) is 3.39. The molecule has 0 saturated carbocycles. The van der Waals surface area contributed by atoms with E-state index in [1.807, 2.05) is 19.2 Å². The number of hydrogen-bond acceptors (Lipinski definition) is 3. The van der Waals surface area contributed by atoms with E-state index in [4.69, 9.17) is 4.74 Å². The maximum atomic E-state index is 13.7. The Kier molecular flexibility index (Phi) is 6.11. The Hall–Kier alpha value is -2.54. The Balaban J connectivity index is 2.07. The first-order valence-electron chi connectivity index (χ1n) is 10.3. The quantitative estimate of drug-likeness (QED) is 0.660. The summed E-state index contributed by atoms with van der Waals surface area (Å²) in [6, 6.07) is 7.88. The number of rotatable bonds is 4. The standard InChI is InChI=1S/C24H29F3N2O2/c1-14(2)16-11-20(31-6)17(10-18(16)24(25,26)27)22(30)28-19-9-7-8-15-12-29(5)13-23(3,4)21(15)19/h7-11,14H,12-13H2,1-6H3,(H,28,30). The van der Waals surface area contributed by atoms with Crippen LogP contribution < -0.4 is 10.1 Å². The maximum absolute atomic E-state index is 13.7. The lowest BCUT2D eigenvalue weighted by Crippen LogP contribution is -2.40. The summed E-state index contributed by atoms with van der Waals surface area (Å²) in [5.74, 6) is -0.875. The van der Waals surface area contributed by atoms with Crippen molar-refractivity contribution in [2.24, 2.45) is 0 Å². The number of likely N-dealkylation sites (N-methyl/N-ethyl adjacent to an activating group) is 1. The number of carbonyl (C=O) groups excluding carboxylic acids is 1. The average molecular weight is 435 g/mol. The van der Waals surface area contributed by atoms with E-state index in [1.165, 1.54) is 13.2 Å². The highest BCUT2D eigenvalue weighted by atomic mass is 19.4. The number of benzene rings is 2. The second kappa shape index (κ2) is 8.19. The summed E-state index contributed by atoms with van der Waals surface area (Å²) in [4.78, 5) is 15.4. The third kappa shape index (κ3) is 4.56. The van der Waals surface area contributed by atoms with Gasteiger partial charge in [-0.1, -0.05) is 39.8 Å². The molecule has 0 aliphatic carbocycles. The first kappa shape index (κ1) is 23.1. The third-order valence-electron chi connectivity index (χ3n) is 5.72. The molecule has 0 unspecified atom stereocenters. The lowest BCUT2D eigenvalue weighted by atomic mass is 9.77. The van der Waals surface area contributed by atoms with Gasteiger partial charge in [0.1, 0.15) is 5.75 Å². The molecule has 1 N–H and O–H groups in total. The Morgan fingerprint density at radius 2 is 1.90 bits per heavy atom. The SMILES string of the molecule is COc1cc(C(C)C)c(C(F)(F)F)cc1C(=O)Nc1cccc2c1C(C)(C)CN(C)C2. The van der Waals surface area contributed by atoms with E-state index in [-0.39, 0.29) is 28.2 Å². The molecule has 0 spiro atoms. The zero-order valence-corrected chi connectivity index (χ0v) is 18.8. The summed E-state index contributed by atoms with van der Waals surface area (Å²) in [5.41, 5.74) is 1.64. The zero-order chi connectivity index (χ0) is 23.1. The maximum Gasteiger partial charge on any atom is 0.416 e. The van der Waals surface area contributed by atoms with Crippen molar-refractivity contribution in [3.05, 3.63) is 58.1 Å². The van der Waals surface area contributed by atoms with Crippen molar-refractivity contribution in [2.75, 3.05) is 26.0 Å². The summed E-state index contributed by atoms with van der Waals surface area (Å²) in [6.07, 6.45) is -4.57. The van der Waals surface area contributed by atoms with Gasteiger partial charge in [-0.2, -0.15) is 13.2 Å². The zero-order valence-electron chi connectivity index (χ0n) is 18.8. The fourth-order valence-electron chi connectivity index (χ4n) is 4.59. The van der Waals surface area contributed by atoms with Gasteiger partial charge in [-0.3, -0.25) is 4.79 Å². The predicted molar refractivity (Wildman–Crippen MR) is 116 cm³/mol. The smallest absolute Gasteiger partial charge is 0.416 e. The van der Waals surface area contributed by atoms with Crippen molar-refractivity contribution in [3.63, 3.8) is 0 Å². The van der Waals surface area contributed by atoms with Gasteiger partial charge in [-0.15, -0.1) is 0 Å². The first-order valence-corrected chi connectivity index (χ1v) is 10.3. The summed E-state index contributed by atoms with van der Waals surface area (Å²) in [6.45, 7) is 9.09. The van der Waals surface area contributed by atoms with Crippen LogP contribution in [-0.4, -0.2) is 31.5 Å². The molecular formula is C24H29F3N2O2. The Labute approximate surface area is 181 Å². The number of nitrogens with one attached hydrogen (secondary N) is 1. The monoisotopic (exact) mass is 434 g/mol. The van der Waals surface area contributed by atoms with Crippen molar-refractivity contribution < 1.29 is 22.7 Å². The summed E-state index contributed by atoms with van der Waals surface area (Å²) < 4.78 is 46.4. The van der Waals surface area contributed by atoms with Gasteiger partial charge in [-0.05, 0) is 47.9 Å². The van der Waals surface area contributed by atoms with E-state index in [9.17, 15) is 18.0 Å². The Bertz CT molecular complexity index is 997. The number of amides is 1. The molecule has 2 aromatic carbocycles. The van der Waals surface area contributed by atoms with Crippen molar-refractivity contribution >= 4 is 11.6 Å². The topological polar surface area (TPSA) is 41.6 Å². The molecule has 1 aliphatic heterocycles. The summed E-state index contributed by atoms with van der Waals surface area (Å²) >= 11 is 0. The van der Waals surface area contributed by atoms with Crippen LogP contribution in [0.3, 0.4) is 0 Å². The van der Waals surface area contributed by atoms with Gasteiger partial charge in [0.2, 0.25) is 0 Å². The highest BCUT2D eigenvalue weighted by Gasteiger charge is 2.37. The molecule has 3 rings (SSSR count). The molecule has 0 radical (unpaired) electrons. The van der Waals surface area contributed by atoms with Gasteiger partial charge >= 0.3 is 6.18 Å². The van der Waals surface area contributed by atoms with Crippen LogP contribution in [-0.2, 0) is 18.1 Å². The number of fused-ring (bicyclic) bond motifs is 1. The molecule has 7 heteroatoms. The molecule has 168 valence electrons. The number of anilines is 1.